The highest BCUT2D eigenvalue weighted by Crippen LogP contribution is 2.30. The van der Waals surface area contributed by atoms with E-state index in [0.29, 0.717) is 10.7 Å². The number of amides is 2. The van der Waals surface area contributed by atoms with Gasteiger partial charge in [0, 0.05) is 22.8 Å². The number of anilines is 4. The van der Waals surface area contributed by atoms with Crippen LogP contribution in [0.1, 0.15) is 23.5 Å². The highest BCUT2D eigenvalue weighted by atomic mass is 35.5. The number of carbonyl (C=O) groups is 2. The number of fused-ring (bicyclic) bond motifs is 1. The van der Waals surface area contributed by atoms with Gasteiger partial charge in [0.1, 0.15) is 5.82 Å². The fraction of sp³-hybridized carbons (Fsp3) is 0.143. The fourth-order valence-electron chi connectivity index (χ4n) is 3.19. The van der Waals surface area contributed by atoms with Crippen molar-refractivity contribution in [3.63, 3.8) is 0 Å². The van der Waals surface area contributed by atoms with Gasteiger partial charge in [-0.15, -0.1) is 0 Å². The lowest BCUT2D eigenvalue weighted by atomic mass is 9.92. The Bertz CT molecular complexity index is 1170. The number of benzene rings is 2. The van der Waals surface area contributed by atoms with Gasteiger partial charge < -0.3 is 16.0 Å². The van der Waals surface area contributed by atoms with Crippen molar-refractivity contribution in [2.75, 3.05) is 16.0 Å². The normalized spacial score (nSPS) is 15.1. The van der Waals surface area contributed by atoms with Crippen LogP contribution in [-0.4, -0.2) is 21.8 Å². The van der Waals surface area contributed by atoms with E-state index in [2.05, 4.69) is 25.9 Å². The molecule has 152 valence electrons. The number of nitrogens with one attached hydrogen (secondary N) is 4. The van der Waals surface area contributed by atoms with E-state index in [0.717, 1.165) is 11.3 Å². The smallest absolute Gasteiger partial charge is 0.258 e. The van der Waals surface area contributed by atoms with Gasteiger partial charge in [0.2, 0.25) is 17.8 Å². The molecular weight excluding hydrogens is 406 g/mol. The molecule has 4 rings (SSSR count). The molecule has 0 radical (unpaired) electrons. The van der Waals surface area contributed by atoms with Gasteiger partial charge in [-0.2, -0.15) is 4.98 Å². The van der Waals surface area contributed by atoms with Crippen LogP contribution >= 0.6 is 11.6 Å². The van der Waals surface area contributed by atoms with Crippen LogP contribution in [0.15, 0.2) is 53.3 Å². The van der Waals surface area contributed by atoms with Crippen LogP contribution in [0, 0.1) is 6.92 Å². The molecule has 0 saturated carbocycles. The van der Waals surface area contributed by atoms with Crippen LogP contribution < -0.4 is 21.5 Å². The molecule has 1 aliphatic rings. The second-order valence-corrected chi connectivity index (χ2v) is 7.41. The first-order valence-corrected chi connectivity index (χ1v) is 9.61. The van der Waals surface area contributed by atoms with Crippen LogP contribution in [0.4, 0.5) is 23.1 Å². The topological polar surface area (TPSA) is 116 Å². The average molecular weight is 424 g/mol. The molecule has 0 aliphatic carbocycles. The summed E-state index contributed by atoms with van der Waals surface area (Å²) in [6, 6.07) is 14.1. The minimum atomic E-state index is -0.964. The first-order valence-electron chi connectivity index (χ1n) is 9.23. The molecule has 9 heteroatoms. The summed E-state index contributed by atoms with van der Waals surface area (Å²) in [7, 11) is 0. The van der Waals surface area contributed by atoms with Crippen molar-refractivity contribution < 1.29 is 9.59 Å². The largest absolute Gasteiger partial charge is 0.326 e. The van der Waals surface area contributed by atoms with Crippen LogP contribution in [0.2, 0.25) is 5.02 Å². The zero-order valence-corrected chi connectivity index (χ0v) is 16.7. The lowest BCUT2D eigenvalue weighted by molar-refractivity contribution is -0.123. The summed E-state index contributed by atoms with van der Waals surface area (Å²) < 4.78 is 0. The van der Waals surface area contributed by atoms with Crippen molar-refractivity contribution in [1.82, 2.24) is 9.97 Å². The lowest BCUT2D eigenvalue weighted by Crippen LogP contribution is -2.36. The third kappa shape index (κ3) is 4.18. The van der Waals surface area contributed by atoms with E-state index in [4.69, 9.17) is 11.6 Å². The van der Waals surface area contributed by atoms with Gasteiger partial charge in [-0.1, -0.05) is 29.3 Å². The number of aryl methyl sites for hydroxylation is 1. The molecular formula is C21H18ClN5O3. The maximum atomic E-state index is 12.8. The van der Waals surface area contributed by atoms with E-state index in [9.17, 15) is 14.4 Å². The molecule has 8 nitrogen and oxygen atoms in total. The number of carbonyl (C=O) groups excluding carboxylic acids is 2. The van der Waals surface area contributed by atoms with Crippen molar-refractivity contribution in [3.05, 3.63) is 75.0 Å². The summed E-state index contributed by atoms with van der Waals surface area (Å²) in [5.41, 5.74) is 1.96. The van der Waals surface area contributed by atoms with Gasteiger partial charge in [0.15, 0.2) is 0 Å². The van der Waals surface area contributed by atoms with E-state index in [-0.39, 0.29) is 23.8 Å². The Morgan fingerprint density at radius 1 is 1.07 bits per heavy atom. The summed E-state index contributed by atoms with van der Waals surface area (Å²) in [5, 5.41) is 8.83. The maximum Gasteiger partial charge on any atom is 0.258 e. The molecule has 2 heterocycles. The minimum Gasteiger partial charge on any atom is -0.326 e. The van der Waals surface area contributed by atoms with E-state index < -0.39 is 23.3 Å². The first-order chi connectivity index (χ1) is 14.4. The number of hydrogen-bond donors (Lipinski definition) is 4. The van der Waals surface area contributed by atoms with Crippen molar-refractivity contribution in [2.45, 2.75) is 19.3 Å². The van der Waals surface area contributed by atoms with Crippen LogP contribution in [0.25, 0.3) is 0 Å². The highest BCUT2D eigenvalue weighted by molar-refractivity contribution is 6.30. The Kier molecular flexibility index (Phi) is 5.24. The molecule has 3 aromatic rings. The molecule has 1 atom stereocenters. The summed E-state index contributed by atoms with van der Waals surface area (Å²) in [6.07, 6.45) is -0.151. The van der Waals surface area contributed by atoms with Gasteiger partial charge in [0.05, 0.1) is 11.5 Å². The Balaban J connectivity index is 1.62. The summed E-state index contributed by atoms with van der Waals surface area (Å²) in [6.45, 7) is 1.97. The molecule has 1 aromatic heterocycles. The Hall–Kier alpha value is -3.65. The molecule has 1 unspecified atom stereocenters. The fourth-order valence-corrected chi connectivity index (χ4v) is 3.32. The van der Waals surface area contributed by atoms with Crippen molar-refractivity contribution in [1.29, 1.82) is 0 Å². The summed E-state index contributed by atoms with van der Waals surface area (Å²) in [4.78, 5) is 44.7. The summed E-state index contributed by atoms with van der Waals surface area (Å²) >= 11 is 5.86. The standard InChI is InChI=1S/C21H18ClN5O3/c1-11-2-6-14(7-3-11)24-21-26-18-17(20(30)27-21)15(10-16(28)25-18)19(29)23-13-8-4-12(22)5-9-13/h2-9,15H,10H2,1H3,(H,23,29)(H3,24,25,26,27,28,30). The van der Waals surface area contributed by atoms with Gasteiger partial charge in [-0.3, -0.25) is 19.4 Å². The second kappa shape index (κ2) is 8.00. The molecule has 0 fully saturated rings. The number of aromatic nitrogens is 2. The van der Waals surface area contributed by atoms with E-state index >= 15 is 0 Å². The zero-order valence-electron chi connectivity index (χ0n) is 16.0. The Morgan fingerprint density at radius 2 is 1.73 bits per heavy atom. The molecule has 30 heavy (non-hydrogen) atoms. The summed E-state index contributed by atoms with van der Waals surface area (Å²) in [5.74, 6) is -1.59. The van der Waals surface area contributed by atoms with E-state index in [1.807, 2.05) is 31.2 Å². The number of H-pyrrole nitrogens is 1. The van der Waals surface area contributed by atoms with Crippen molar-refractivity contribution in [2.24, 2.45) is 0 Å². The second-order valence-electron chi connectivity index (χ2n) is 6.97. The first kappa shape index (κ1) is 19.7. The highest BCUT2D eigenvalue weighted by Gasteiger charge is 2.34. The maximum absolute atomic E-state index is 12.8. The van der Waals surface area contributed by atoms with Gasteiger partial charge in [-0.25, -0.2) is 0 Å². The van der Waals surface area contributed by atoms with Crippen LogP contribution in [0.5, 0.6) is 0 Å². The third-order valence-electron chi connectivity index (χ3n) is 4.69. The number of rotatable bonds is 4. The quantitative estimate of drug-likeness (QED) is 0.512. The lowest BCUT2D eigenvalue weighted by Gasteiger charge is -2.23. The molecule has 1 aliphatic heterocycles. The van der Waals surface area contributed by atoms with Crippen LogP contribution in [0.3, 0.4) is 0 Å². The van der Waals surface area contributed by atoms with Crippen molar-refractivity contribution >= 4 is 46.6 Å². The number of hydrogen-bond acceptors (Lipinski definition) is 5. The minimum absolute atomic E-state index is 0.0702. The van der Waals surface area contributed by atoms with Crippen molar-refractivity contribution in [3.8, 4) is 0 Å². The predicted octanol–water partition coefficient (Wildman–Crippen LogP) is 3.54. The van der Waals surface area contributed by atoms with E-state index in [1.54, 1.807) is 24.3 Å². The van der Waals surface area contributed by atoms with Gasteiger partial charge in [0.25, 0.3) is 5.56 Å². The molecule has 0 bridgehead atoms. The third-order valence-corrected chi connectivity index (χ3v) is 4.95. The molecule has 0 saturated heterocycles. The molecule has 0 spiro atoms. The van der Waals surface area contributed by atoms with Gasteiger partial charge >= 0.3 is 0 Å². The Labute approximate surface area is 176 Å². The monoisotopic (exact) mass is 423 g/mol. The molecule has 2 amide bonds. The Morgan fingerprint density at radius 3 is 2.43 bits per heavy atom. The molecule has 2 aromatic carbocycles. The zero-order chi connectivity index (χ0) is 21.3. The SMILES string of the molecule is Cc1ccc(Nc2nc3c(c(=O)[nH]2)C(C(=O)Nc2ccc(Cl)cc2)CC(=O)N3)cc1. The number of aromatic amines is 1. The van der Waals surface area contributed by atoms with E-state index in [1.165, 1.54) is 0 Å². The van der Waals surface area contributed by atoms with Crippen LogP contribution in [-0.2, 0) is 9.59 Å². The molecule has 4 N–H and O–H groups in total. The number of nitrogens with zero attached hydrogens (tertiary/aromatic N) is 1. The van der Waals surface area contributed by atoms with Gasteiger partial charge in [-0.05, 0) is 43.3 Å². The number of halogens is 1. The predicted molar refractivity (Wildman–Crippen MR) is 115 cm³/mol. The average Bonchev–Trinajstić information content (AvgIpc) is 2.70.